The first-order chi connectivity index (χ1) is 9.17. The zero-order valence-corrected chi connectivity index (χ0v) is 10.3. The van der Waals surface area contributed by atoms with Gasteiger partial charge in [0.25, 0.3) is 0 Å². The van der Waals surface area contributed by atoms with Crippen LogP contribution in [0.15, 0.2) is 30.2 Å². The zero-order chi connectivity index (χ0) is 13.8. The van der Waals surface area contributed by atoms with E-state index in [2.05, 4.69) is 9.97 Å². The number of fused-ring (bicyclic) bond motifs is 1. The molecule has 5 N–H and O–H groups in total. The van der Waals surface area contributed by atoms with Gasteiger partial charge in [0, 0.05) is 12.7 Å². The molecule has 0 aliphatic carbocycles. The van der Waals surface area contributed by atoms with E-state index in [0.717, 1.165) is 5.52 Å². The van der Waals surface area contributed by atoms with Crippen LogP contribution in [0.3, 0.4) is 0 Å². The van der Waals surface area contributed by atoms with Gasteiger partial charge in [-0.15, -0.1) is 0 Å². The molecule has 2 aromatic rings. The average molecular weight is 264 g/mol. The Kier molecular flexibility index (Phi) is 4.10. The highest BCUT2D eigenvalue weighted by Gasteiger charge is 2.09. The van der Waals surface area contributed by atoms with Gasteiger partial charge in [0.05, 0.1) is 25.1 Å². The number of hydrogen-bond acceptors (Lipinski definition) is 6. The van der Waals surface area contributed by atoms with E-state index in [1.54, 1.807) is 29.2 Å². The minimum atomic E-state index is -1.06. The number of aromatic nitrogens is 3. The maximum absolute atomic E-state index is 9.47. The summed E-state index contributed by atoms with van der Waals surface area (Å²) in [5, 5.41) is 27.5. The lowest BCUT2D eigenvalue weighted by Crippen LogP contribution is -2.18. The molecule has 0 aliphatic rings. The zero-order valence-electron chi connectivity index (χ0n) is 10.3. The quantitative estimate of drug-likeness (QED) is 0.530. The standard InChI is InChI=1S/C12H16N4O3/c13-12-11-9(1-3-14-12)15-7-16(11)4-2-8(5-17)10(19)6-18/h1-3,7,10,17-19H,4-6H2,(H2,13,14)/b8-2-. The molecule has 19 heavy (non-hydrogen) atoms. The third-order valence-corrected chi connectivity index (χ3v) is 2.89. The maximum Gasteiger partial charge on any atom is 0.149 e. The SMILES string of the molecule is Nc1nccc2ncn(C/C=C(/CO)C(O)CO)c12. The van der Waals surface area contributed by atoms with Crippen LogP contribution in [0.25, 0.3) is 11.0 Å². The first-order valence-corrected chi connectivity index (χ1v) is 5.81. The fraction of sp³-hybridized carbons (Fsp3) is 0.333. The number of pyridine rings is 1. The number of nitrogen functional groups attached to an aromatic ring is 1. The predicted molar refractivity (Wildman–Crippen MR) is 70.2 cm³/mol. The summed E-state index contributed by atoms with van der Waals surface area (Å²) < 4.78 is 1.76. The van der Waals surface area contributed by atoms with E-state index in [0.29, 0.717) is 23.5 Å². The van der Waals surface area contributed by atoms with Crippen molar-refractivity contribution in [3.63, 3.8) is 0 Å². The van der Waals surface area contributed by atoms with Crippen molar-refractivity contribution in [1.82, 2.24) is 14.5 Å². The van der Waals surface area contributed by atoms with E-state index in [-0.39, 0.29) is 6.61 Å². The summed E-state index contributed by atoms with van der Waals surface area (Å²) in [6.45, 7) is -0.373. The number of nitrogens with two attached hydrogens (primary N) is 1. The van der Waals surface area contributed by atoms with Crippen LogP contribution in [0.4, 0.5) is 5.82 Å². The van der Waals surface area contributed by atoms with E-state index in [1.165, 1.54) is 0 Å². The fourth-order valence-corrected chi connectivity index (χ4v) is 1.82. The first-order valence-electron chi connectivity index (χ1n) is 5.81. The van der Waals surface area contributed by atoms with Crippen LogP contribution >= 0.6 is 0 Å². The Labute approximate surface area is 109 Å². The topological polar surface area (TPSA) is 117 Å². The molecule has 0 saturated heterocycles. The third kappa shape index (κ3) is 2.73. The summed E-state index contributed by atoms with van der Waals surface area (Å²) >= 11 is 0. The number of hydrogen-bond donors (Lipinski definition) is 4. The monoisotopic (exact) mass is 264 g/mol. The number of anilines is 1. The van der Waals surface area contributed by atoms with Gasteiger partial charge in [-0.05, 0) is 11.6 Å². The second-order valence-electron chi connectivity index (χ2n) is 4.10. The lowest BCUT2D eigenvalue weighted by molar-refractivity contribution is 0.111. The lowest BCUT2D eigenvalue weighted by atomic mass is 10.1. The van der Waals surface area contributed by atoms with Crippen molar-refractivity contribution in [2.45, 2.75) is 12.6 Å². The molecule has 7 nitrogen and oxygen atoms in total. The van der Waals surface area contributed by atoms with Crippen LogP contribution in [-0.4, -0.2) is 49.2 Å². The Morgan fingerprint density at radius 1 is 1.42 bits per heavy atom. The molecular weight excluding hydrogens is 248 g/mol. The van der Waals surface area contributed by atoms with Gasteiger partial charge in [-0.3, -0.25) is 0 Å². The normalized spacial score (nSPS) is 13.9. The Hall–Kier alpha value is -1.96. The van der Waals surface area contributed by atoms with Crippen molar-refractivity contribution in [3.05, 3.63) is 30.2 Å². The van der Waals surface area contributed by atoms with Crippen LogP contribution in [-0.2, 0) is 6.54 Å². The van der Waals surface area contributed by atoms with Crippen LogP contribution < -0.4 is 5.73 Å². The average Bonchev–Trinajstić information content (AvgIpc) is 2.84. The molecule has 0 radical (unpaired) electrons. The van der Waals surface area contributed by atoms with E-state index in [9.17, 15) is 5.11 Å². The molecule has 0 spiro atoms. The molecule has 0 saturated carbocycles. The van der Waals surface area contributed by atoms with Gasteiger partial charge in [-0.25, -0.2) is 9.97 Å². The molecule has 2 rings (SSSR count). The number of allylic oxidation sites excluding steroid dienone is 1. The molecule has 0 bridgehead atoms. The van der Waals surface area contributed by atoms with Crippen molar-refractivity contribution in [2.24, 2.45) is 0 Å². The summed E-state index contributed by atoms with van der Waals surface area (Å²) in [4.78, 5) is 8.18. The van der Waals surface area contributed by atoms with E-state index < -0.39 is 12.7 Å². The number of aliphatic hydroxyl groups excluding tert-OH is 3. The van der Waals surface area contributed by atoms with E-state index in [4.69, 9.17) is 15.9 Å². The lowest BCUT2D eigenvalue weighted by Gasteiger charge is -2.10. The highest BCUT2D eigenvalue weighted by molar-refractivity contribution is 5.84. The minimum Gasteiger partial charge on any atom is -0.393 e. The first kappa shape index (κ1) is 13.5. The Morgan fingerprint density at radius 2 is 2.21 bits per heavy atom. The fourth-order valence-electron chi connectivity index (χ4n) is 1.82. The molecule has 1 atom stereocenters. The summed E-state index contributed by atoms with van der Waals surface area (Å²) in [5.41, 5.74) is 7.58. The number of nitrogens with zero attached hydrogens (tertiary/aromatic N) is 3. The Morgan fingerprint density at radius 3 is 2.89 bits per heavy atom. The smallest absolute Gasteiger partial charge is 0.149 e. The van der Waals surface area contributed by atoms with Gasteiger partial charge in [0.1, 0.15) is 17.4 Å². The van der Waals surface area contributed by atoms with Crippen LogP contribution in [0.1, 0.15) is 0 Å². The molecule has 2 heterocycles. The van der Waals surface area contributed by atoms with Crippen LogP contribution in [0, 0.1) is 0 Å². The van der Waals surface area contributed by atoms with Crippen molar-refractivity contribution in [3.8, 4) is 0 Å². The van der Waals surface area contributed by atoms with Gasteiger partial charge >= 0.3 is 0 Å². The van der Waals surface area contributed by atoms with E-state index >= 15 is 0 Å². The molecule has 7 heteroatoms. The summed E-state index contributed by atoms with van der Waals surface area (Å²) in [6.07, 6.45) is 3.77. The van der Waals surface area contributed by atoms with Gasteiger partial charge < -0.3 is 25.6 Å². The minimum absolute atomic E-state index is 0.317. The van der Waals surface area contributed by atoms with Gasteiger partial charge in [-0.2, -0.15) is 0 Å². The Balaban J connectivity index is 2.29. The number of rotatable bonds is 5. The van der Waals surface area contributed by atoms with Crippen LogP contribution in [0.2, 0.25) is 0 Å². The predicted octanol–water partition coefficient (Wildman–Crippen LogP) is -0.715. The molecule has 0 aliphatic heterocycles. The molecular formula is C12H16N4O3. The largest absolute Gasteiger partial charge is 0.393 e. The molecule has 0 aromatic carbocycles. The highest BCUT2D eigenvalue weighted by atomic mass is 16.3. The molecule has 102 valence electrons. The van der Waals surface area contributed by atoms with Gasteiger partial charge in [0.2, 0.25) is 0 Å². The van der Waals surface area contributed by atoms with Crippen molar-refractivity contribution in [1.29, 1.82) is 0 Å². The second-order valence-corrected chi connectivity index (χ2v) is 4.10. The molecule has 2 aromatic heterocycles. The summed E-state index contributed by atoms with van der Waals surface area (Å²) in [5.74, 6) is 0.372. The van der Waals surface area contributed by atoms with Crippen LogP contribution in [0.5, 0.6) is 0 Å². The summed E-state index contributed by atoms with van der Waals surface area (Å²) in [6, 6.07) is 1.75. The van der Waals surface area contributed by atoms with Crippen molar-refractivity contribution >= 4 is 16.9 Å². The number of aliphatic hydroxyl groups is 3. The Bertz CT molecular complexity index is 594. The molecule has 1 unspecified atom stereocenters. The maximum atomic E-state index is 9.47. The van der Waals surface area contributed by atoms with Gasteiger partial charge in [-0.1, -0.05) is 6.08 Å². The van der Waals surface area contributed by atoms with E-state index in [1.807, 2.05) is 0 Å². The van der Waals surface area contributed by atoms with Crippen molar-refractivity contribution < 1.29 is 15.3 Å². The summed E-state index contributed by atoms with van der Waals surface area (Å²) in [7, 11) is 0. The van der Waals surface area contributed by atoms with Crippen molar-refractivity contribution in [2.75, 3.05) is 18.9 Å². The highest BCUT2D eigenvalue weighted by Crippen LogP contribution is 2.17. The third-order valence-electron chi connectivity index (χ3n) is 2.89. The molecule has 0 amide bonds. The molecule has 0 fully saturated rings. The van der Waals surface area contributed by atoms with Gasteiger partial charge in [0.15, 0.2) is 0 Å². The second kappa shape index (κ2) is 5.79. The number of imidazole rings is 1.